The lowest BCUT2D eigenvalue weighted by Crippen LogP contribution is -1.76. The summed E-state index contributed by atoms with van der Waals surface area (Å²) >= 11 is 3.22. The van der Waals surface area contributed by atoms with Crippen LogP contribution in [0.4, 0.5) is 4.39 Å². The highest BCUT2D eigenvalue weighted by Gasteiger charge is 2.07. The van der Waals surface area contributed by atoms with Gasteiger partial charge in [-0.05, 0) is 28.1 Å². The van der Waals surface area contributed by atoms with Crippen LogP contribution in [0.1, 0.15) is 0 Å². The van der Waals surface area contributed by atoms with Gasteiger partial charge in [-0.15, -0.1) is 0 Å². The first kappa shape index (κ1) is 6.79. The summed E-state index contributed by atoms with van der Waals surface area (Å²) in [7, 11) is 0. The molecule has 0 saturated carbocycles. The molecule has 0 aliphatic heterocycles. The Hall–Kier alpha value is -0.900. The second kappa shape index (κ2) is 2.30. The fraction of sp³-hybridized carbons (Fsp3) is 0. The van der Waals surface area contributed by atoms with Gasteiger partial charge in [-0.3, -0.25) is 0 Å². The minimum atomic E-state index is -0.388. The van der Waals surface area contributed by atoms with E-state index in [1.54, 1.807) is 6.07 Å². The number of aromatic nitrogens is 1. The molecule has 0 atom stereocenters. The molecule has 0 unspecified atom stereocenters. The average Bonchev–Trinajstić information content (AvgIpc) is 2.45. The van der Waals surface area contributed by atoms with E-state index >= 15 is 0 Å². The van der Waals surface area contributed by atoms with E-state index in [-0.39, 0.29) is 11.4 Å². The standard InChI is InChI=1S/C7H3BrFNO/c8-4-1-2-5(9)7-6(4)10-3-11-7/h1-3H. The highest BCUT2D eigenvalue weighted by Crippen LogP contribution is 2.24. The Balaban J connectivity index is 2.96. The molecule has 0 N–H and O–H groups in total. The number of hydrogen-bond donors (Lipinski definition) is 0. The average molecular weight is 216 g/mol. The lowest BCUT2D eigenvalue weighted by atomic mass is 10.3. The van der Waals surface area contributed by atoms with Gasteiger partial charge in [0.2, 0.25) is 0 Å². The van der Waals surface area contributed by atoms with Gasteiger partial charge < -0.3 is 4.42 Å². The van der Waals surface area contributed by atoms with Crippen LogP contribution in [0, 0.1) is 5.82 Å². The molecule has 0 aliphatic carbocycles. The van der Waals surface area contributed by atoms with Crippen molar-refractivity contribution in [1.29, 1.82) is 0 Å². The van der Waals surface area contributed by atoms with Crippen LogP contribution in [-0.2, 0) is 0 Å². The normalized spacial score (nSPS) is 10.7. The zero-order chi connectivity index (χ0) is 7.84. The first-order chi connectivity index (χ1) is 5.29. The fourth-order valence-corrected chi connectivity index (χ4v) is 1.30. The van der Waals surface area contributed by atoms with Gasteiger partial charge >= 0.3 is 0 Å². The van der Waals surface area contributed by atoms with Crippen LogP contribution in [0.3, 0.4) is 0 Å². The van der Waals surface area contributed by atoms with Gasteiger partial charge in [0.05, 0.1) is 0 Å². The first-order valence-corrected chi connectivity index (χ1v) is 3.75. The molecule has 1 heterocycles. The van der Waals surface area contributed by atoms with E-state index in [1.807, 2.05) is 0 Å². The van der Waals surface area contributed by atoms with Crippen molar-refractivity contribution in [2.75, 3.05) is 0 Å². The van der Waals surface area contributed by atoms with Gasteiger partial charge in [-0.25, -0.2) is 9.37 Å². The molecule has 11 heavy (non-hydrogen) atoms. The maximum atomic E-state index is 12.8. The summed E-state index contributed by atoms with van der Waals surface area (Å²) in [6, 6.07) is 2.93. The van der Waals surface area contributed by atoms with Gasteiger partial charge in [0.15, 0.2) is 17.8 Å². The Labute approximate surface area is 70.2 Å². The van der Waals surface area contributed by atoms with Crippen LogP contribution in [-0.4, -0.2) is 4.98 Å². The minimum absolute atomic E-state index is 0.194. The van der Waals surface area contributed by atoms with Crippen LogP contribution in [0.15, 0.2) is 27.4 Å². The van der Waals surface area contributed by atoms with E-state index in [1.165, 1.54) is 12.5 Å². The van der Waals surface area contributed by atoms with Crippen molar-refractivity contribution in [2.45, 2.75) is 0 Å². The van der Waals surface area contributed by atoms with Gasteiger partial charge in [0, 0.05) is 4.47 Å². The predicted molar refractivity (Wildman–Crippen MR) is 41.7 cm³/mol. The monoisotopic (exact) mass is 215 g/mol. The number of hydrogen-bond acceptors (Lipinski definition) is 2. The highest BCUT2D eigenvalue weighted by atomic mass is 79.9. The Morgan fingerprint density at radius 3 is 3.00 bits per heavy atom. The quantitative estimate of drug-likeness (QED) is 0.676. The predicted octanol–water partition coefficient (Wildman–Crippen LogP) is 2.73. The summed E-state index contributed by atoms with van der Waals surface area (Å²) in [5.74, 6) is -0.388. The molecule has 4 heteroatoms. The molecular weight excluding hydrogens is 213 g/mol. The number of fused-ring (bicyclic) bond motifs is 1. The van der Waals surface area contributed by atoms with Crippen molar-refractivity contribution >= 4 is 27.0 Å². The Kier molecular flexibility index (Phi) is 1.42. The Morgan fingerprint density at radius 2 is 2.27 bits per heavy atom. The van der Waals surface area contributed by atoms with Crippen LogP contribution >= 0.6 is 15.9 Å². The van der Waals surface area contributed by atoms with Gasteiger partial charge in [0.25, 0.3) is 0 Å². The van der Waals surface area contributed by atoms with Crippen molar-refractivity contribution in [3.05, 3.63) is 28.8 Å². The van der Waals surface area contributed by atoms with Crippen molar-refractivity contribution in [1.82, 2.24) is 4.98 Å². The summed E-state index contributed by atoms with van der Waals surface area (Å²) in [4.78, 5) is 3.83. The summed E-state index contributed by atoms with van der Waals surface area (Å²) < 4.78 is 18.4. The number of rotatable bonds is 0. The second-order valence-electron chi connectivity index (χ2n) is 2.06. The van der Waals surface area contributed by atoms with Crippen LogP contribution in [0.25, 0.3) is 11.1 Å². The molecular formula is C7H3BrFNO. The molecule has 0 saturated heterocycles. The first-order valence-electron chi connectivity index (χ1n) is 2.96. The molecule has 0 fully saturated rings. The van der Waals surface area contributed by atoms with Crippen molar-refractivity contribution in [3.63, 3.8) is 0 Å². The Bertz CT molecular complexity index is 362. The van der Waals surface area contributed by atoms with E-state index in [0.29, 0.717) is 5.52 Å². The molecule has 0 aliphatic rings. The van der Waals surface area contributed by atoms with Gasteiger partial charge in [-0.2, -0.15) is 0 Å². The lowest BCUT2D eigenvalue weighted by molar-refractivity contribution is 0.554. The molecule has 2 aromatic rings. The van der Waals surface area contributed by atoms with Crippen molar-refractivity contribution in [2.24, 2.45) is 0 Å². The third kappa shape index (κ3) is 0.939. The van der Waals surface area contributed by atoms with Crippen LogP contribution < -0.4 is 0 Å². The fourth-order valence-electron chi connectivity index (χ4n) is 0.887. The third-order valence-corrected chi connectivity index (χ3v) is 2.03. The van der Waals surface area contributed by atoms with E-state index < -0.39 is 0 Å². The lowest BCUT2D eigenvalue weighted by Gasteiger charge is -1.90. The molecule has 0 bridgehead atoms. The molecule has 56 valence electrons. The summed E-state index contributed by atoms with van der Waals surface area (Å²) in [5, 5.41) is 0. The SMILES string of the molecule is Fc1ccc(Br)c2ncoc12. The van der Waals surface area contributed by atoms with Crippen molar-refractivity contribution < 1.29 is 8.81 Å². The zero-order valence-electron chi connectivity index (χ0n) is 5.34. The number of nitrogens with zero attached hydrogens (tertiary/aromatic N) is 1. The second-order valence-corrected chi connectivity index (χ2v) is 2.91. The molecule has 2 rings (SSSR count). The van der Waals surface area contributed by atoms with Gasteiger partial charge in [-0.1, -0.05) is 0 Å². The maximum absolute atomic E-state index is 12.8. The minimum Gasteiger partial charge on any atom is -0.440 e. The Morgan fingerprint density at radius 1 is 1.45 bits per heavy atom. The van der Waals surface area contributed by atoms with Crippen LogP contribution in [0.2, 0.25) is 0 Å². The molecule has 0 spiro atoms. The number of halogens is 2. The van der Waals surface area contributed by atoms with Crippen molar-refractivity contribution in [3.8, 4) is 0 Å². The van der Waals surface area contributed by atoms with Crippen LogP contribution in [0.5, 0.6) is 0 Å². The molecule has 0 radical (unpaired) electrons. The highest BCUT2D eigenvalue weighted by molar-refractivity contribution is 9.10. The third-order valence-electron chi connectivity index (χ3n) is 1.39. The van der Waals surface area contributed by atoms with E-state index in [0.717, 1.165) is 4.47 Å². The maximum Gasteiger partial charge on any atom is 0.191 e. The largest absolute Gasteiger partial charge is 0.440 e. The topological polar surface area (TPSA) is 26.0 Å². The summed E-state index contributed by atoms with van der Waals surface area (Å²) in [6.45, 7) is 0. The molecule has 1 aromatic heterocycles. The van der Waals surface area contributed by atoms with E-state index in [4.69, 9.17) is 4.42 Å². The van der Waals surface area contributed by atoms with E-state index in [9.17, 15) is 4.39 Å². The smallest absolute Gasteiger partial charge is 0.191 e. The summed E-state index contributed by atoms with van der Waals surface area (Å²) in [6.07, 6.45) is 1.22. The number of oxazole rings is 1. The number of benzene rings is 1. The van der Waals surface area contributed by atoms with Gasteiger partial charge in [0.1, 0.15) is 5.52 Å². The summed E-state index contributed by atoms with van der Waals surface area (Å²) in [5.41, 5.74) is 0.712. The zero-order valence-corrected chi connectivity index (χ0v) is 6.93. The van der Waals surface area contributed by atoms with E-state index in [2.05, 4.69) is 20.9 Å². The molecule has 1 aromatic carbocycles. The molecule has 2 nitrogen and oxygen atoms in total. The molecule has 0 amide bonds.